The summed E-state index contributed by atoms with van der Waals surface area (Å²) in [5.41, 5.74) is -1.40. The van der Waals surface area contributed by atoms with Crippen LogP contribution in [0.1, 0.15) is 30.1 Å². The zero-order valence-electron chi connectivity index (χ0n) is 11.6. The minimum atomic E-state index is -1.98. The molecule has 0 saturated carbocycles. The van der Waals surface area contributed by atoms with Gasteiger partial charge in [-0.1, -0.05) is 0 Å². The Morgan fingerprint density at radius 1 is 1.33 bits per heavy atom. The van der Waals surface area contributed by atoms with Gasteiger partial charge in [-0.2, -0.15) is 11.3 Å². The predicted octanol–water partition coefficient (Wildman–Crippen LogP) is 0.210. The largest absolute Gasteiger partial charge is 0.479 e. The van der Waals surface area contributed by atoms with Gasteiger partial charge in [0.2, 0.25) is 5.91 Å². The smallest absolute Gasteiger partial charge is 0.337 e. The SMILES string of the molecule is CC(O)(CNC(=O)CCCNC(=O)c1ccsc1)C(=O)O. The first-order valence-corrected chi connectivity index (χ1v) is 7.30. The van der Waals surface area contributed by atoms with Crippen LogP contribution in [0.3, 0.4) is 0 Å². The minimum Gasteiger partial charge on any atom is -0.479 e. The van der Waals surface area contributed by atoms with Gasteiger partial charge in [-0.15, -0.1) is 0 Å². The summed E-state index contributed by atoms with van der Waals surface area (Å²) < 4.78 is 0. The van der Waals surface area contributed by atoms with Crippen LogP contribution in [0.5, 0.6) is 0 Å². The van der Waals surface area contributed by atoms with Gasteiger partial charge < -0.3 is 20.8 Å². The van der Waals surface area contributed by atoms with Crippen LogP contribution in [0, 0.1) is 0 Å². The lowest BCUT2D eigenvalue weighted by Crippen LogP contribution is -2.46. The Balaban J connectivity index is 2.17. The van der Waals surface area contributed by atoms with E-state index in [1.165, 1.54) is 11.3 Å². The standard InChI is InChI=1S/C13H18N2O5S/c1-13(20,12(18)19)8-15-10(16)3-2-5-14-11(17)9-4-6-21-7-9/h4,6-7,20H,2-3,5,8H2,1H3,(H,14,17)(H,15,16)(H,18,19). The summed E-state index contributed by atoms with van der Waals surface area (Å²) in [6.45, 7) is 1.09. The van der Waals surface area contributed by atoms with Crippen molar-refractivity contribution in [3.05, 3.63) is 22.4 Å². The van der Waals surface area contributed by atoms with Crippen molar-refractivity contribution in [2.24, 2.45) is 0 Å². The Morgan fingerprint density at radius 3 is 2.62 bits per heavy atom. The summed E-state index contributed by atoms with van der Waals surface area (Å²) in [6, 6.07) is 1.71. The van der Waals surface area contributed by atoms with Crippen molar-refractivity contribution in [1.82, 2.24) is 10.6 Å². The molecule has 0 radical (unpaired) electrons. The quantitative estimate of drug-likeness (QED) is 0.512. The highest BCUT2D eigenvalue weighted by molar-refractivity contribution is 7.08. The zero-order chi connectivity index (χ0) is 15.9. The number of aliphatic carboxylic acids is 1. The second kappa shape index (κ2) is 7.75. The van der Waals surface area contributed by atoms with Crippen molar-refractivity contribution in [2.75, 3.05) is 13.1 Å². The first-order valence-electron chi connectivity index (χ1n) is 6.36. The van der Waals surface area contributed by atoms with Crippen LogP contribution < -0.4 is 10.6 Å². The Kier molecular flexibility index (Phi) is 6.32. The van der Waals surface area contributed by atoms with Crippen LogP contribution in [0.15, 0.2) is 16.8 Å². The highest BCUT2D eigenvalue weighted by Crippen LogP contribution is 2.05. The molecule has 1 rings (SSSR count). The number of nitrogens with one attached hydrogen (secondary N) is 2. The molecule has 2 amide bonds. The summed E-state index contributed by atoms with van der Waals surface area (Å²) >= 11 is 1.43. The van der Waals surface area contributed by atoms with E-state index in [-0.39, 0.29) is 24.8 Å². The van der Waals surface area contributed by atoms with E-state index in [2.05, 4.69) is 10.6 Å². The second-order valence-electron chi connectivity index (χ2n) is 4.73. The van der Waals surface area contributed by atoms with Gasteiger partial charge in [0.25, 0.3) is 5.91 Å². The van der Waals surface area contributed by atoms with E-state index in [4.69, 9.17) is 5.11 Å². The minimum absolute atomic E-state index is 0.139. The van der Waals surface area contributed by atoms with Gasteiger partial charge in [0, 0.05) is 23.9 Å². The van der Waals surface area contributed by atoms with Gasteiger partial charge in [-0.05, 0) is 24.8 Å². The van der Waals surface area contributed by atoms with E-state index in [1.807, 2.05) is 0 Å². The van der Waals surface area contributed by atoms with Gasteiger partial charge in [-0.3, -0.25) is 9.59 Å². The molecule has 0 bridgehead atoms. The Hall–Kier alpha value is -1.93. The fourth-order valence-electron chi connectivity index (χ4n) is 1.38. The molecule has 0 spiro atoms. The second-order valence-corrected chi connectivity index (χ2v) is 5.51. The van der Waals surface area contributed by atoms with Crippen molar-refractivity contribution < 1.29 is 24.6 Å². The third-order valence-corrected chi connectivity index (χ3v) is 3.42. The molecule has 7 nitrogen and oxygen atoms in total. The molecule has 1 unspecified atom stereocenters. The predicted molar refractivity (Wildman–Crippen MR) is 77.2 cm³/mol. The number of carboxylic acid groups (broad SMARTS) is 1. The van der Waals surface area contributed by atoms with Gasteiger partial charge in [0.1, 0.15) is 0 Å². The van der Waals surface area contributed by atoms with E-state index in [1.54, 1.807) is 16.8 Å². The Labute approximate surface area is 126 Å². The van der Waals surface area contributed by atoms with Crippen LogP contribution >= 0.6 is 11.3 Å². The Bertz CT molecular complexity index is 499. The lowest BCUT2D eigenvalue weighted by molar-refractivity contribution is -0.156. The third-order valence-electron chi connectivity index (χ3n) is 2.74. The van der Waals surface area contributed by atoms with E-state index in [9.17, 15) is 19.5 Å². The topological polar surface area (TPSA) is 116 Å². The van der Waals surface area contributed by atoms with Crippen molar-refractivity contribution >= 4 is 29.1 Å². The van der Waals surface area contributed by atoms with Crippen LogP contribution in [0.25, 0.3) is 0 Å². The molecule has 1 aromatic rings. The number of amides is 2. The lowest BCUT2D eigenvalue weighted by Gasteiger charge is -2.18. The van der Waals surface area contributed by atoms with Gasteiger partial charge in [-0.25, -0.2) is 4.79 Å². The summed E-state index contributed by atoms with van der Waals surface area (Å²) in [5.74, 6) is -1.96. The van der Waals surface area contributed by atoms with Crippen molar-refractivity contribution in [3.63, 3.8) is 0 Å². The van der Waals surface area contributed by atoms with Gasteiger partial charge in [0.15, 0.2) is 5.60 Å². The number of hydrogen-bond donors (Lipinski definition) is 4. The van der Waals surface area contributed by atoms with E-state index < -0.39 is 11.6 Å². The van der Waals surface area contributed by atoms with E-state index in [0.717, 1.165) is 6.92 Å². The summed E-state index contributed by atoms with van der Waals surface area (Å²) in [5, 5.41) is 26.6. The fourth-order valence-corrected chi connectivity index (χ4v) is 2.02. The molecular formula is C13H18N2O5S. The van der Waals surface area contributed by atoms with Crippen molar-refractivity contribution in [2.45, 2.75) is 25.4 Å². The fraction of sp³-hybridized carbons (Fsp3) is 0.462. The first kappa shape index (κ1) is 17.1. The Morgan fingerprint density at radius 2 is 2.05 bits per heavy atom. The molecule has 0 saturated heterocycles. The highest BCUT2D eigenvalue weighted by atomic mass is 32.1. The summed E-state index contributed by atoms with van der Waals surface area (Å²) in [4.78, 5) is 33.7. The molecule has 0 fully saturated rings. The molecule has 4 N–H and O–H groups in total. The zero-order valence-corrected chi connectivity index (χ0v) is 12.4. The van der Waals surface area contributed by atoms with Crippen LogP contribution in [-0.4, -0.2) is 46.7 Å². The van der Waals surface area contributed by atoms with Crippen LogP contribution in [0.2, 0.25) is 0 Å². The number of aliphatic hydroxyl groups is 1. The molecule has 21 heavy (non-hydrogen) atoms. The highest BCUT2D eigenvalue weighted by Gasteiger charge is 2.30. The number of carbonyl (C=O) groups excluding carboxylic acids is 2. The van der Waals surface area contributed by atoms with Crippen LogP contribution in [-0.2, 0) is 9.59 Å². The number of thiophene rings is 1. The van der Waals surface area contributed by atoms with E-state index in [0.29, 0.717) is 18.5 Å². The molecule has 0 aliphatic rings. The molecule has 1 heterocycles. The monoisotopic (exact) mass is 314 g/mol. The number of carboxylic acids is 1. The maximum atomic E-state index is 11.6. The molecule has 1 aromatic heterocycles. The van der Waals surface area contributed by atoms with Crippen molar-refractivity contribution in [3.8, 4) is 0 Å². The number of hydrogen-bond acceptors (Lipinski definition) is 5. The maximum absolute atomic E-state index is 11.6. The molecule has 8 heteroatoms. The molecule has 116 valence electrons. The summed E-state index contributed by atoms with van der Waals surface area (Å²) in [6.07, 6.45) is 0.566. The normalized spacial score (nSPS) is 13.2. The average Bonchev–Trinajstić information content (AvgIpc) is 2.95. The molecular weight excluding hydrogens is 296 g/mol. The molecule has 1 atom stereocenters. The first-order chi connectivity index (χ1) is 9.83. The van der Waals surface area contributed by atoms with Gasteiger partial charge >= 0.3 is 5.97 Å². The maximum Gasteiger partial charge on any atom is 0.337 e. The lowest BCUT2D eigenvalue weighted by atomic mass is 10.1. The van der Waals surface area contributed by atoms with Gasteiger partial charge in [0.05, 0.1) is 6.54 Å². The van der Waals surface area contributed by atoms with E-state index >= 15 is 0 Å². The number of rotatable bonds is 8. The summed E-state index contributed by atoms with van der Waals surface area (Å²) in [7, 11) is 0. The molecule has 0 aromatic carbocycles. The van der Waals surface area contributed by atoms with Crippen LogP contribution in [0.4, 0.5) is 0 Å². The molecule has 0 aliphatic carbocycles. The molecule has 0 aliphatic heterocycles. The van der Waals surface area contributed by atoms with Crippen molar-refractivity contribution in [1.29, 1.82) is 0 Å². The average molecular weight is 314 g/mol. The number of carbonyl (C=O) groups is 3. The third kappa shape index (κ3) is 5.92.